The average Bonchev–Trinajstić information content (AvgIpc) is 2.91. The molecule has 0 unspecified atom stereocenters. The third-order valence-corrected chi connectivity index (χ3v) is 7.07. The Morgan fingerprint density at radius 3 is 2.68 bits per heavy atom. The predicted molar refractivity (Wildman–Crippen MR) is 115 cm³/mol. The van der Waals surface area contributed by atoms with Crippen molar-refractivity contribution < 1.29 is 4.79 Å². The Morgan fingerprint density at radius 2 is 1.96 bits per heavy atom. The minimum Gasteiger partial charge on any atom is -0.352 e. The van der Waals surface area contributed by atoms with E-state index in [9.17, 15) is 9.59 Å². The Morgan fingerprint density at radius 1 is 1.25 bits per heavy atom. The summed E-state index contributed by atoms with van der Waals surface area (Å²) in [5.41, 5.74) is 0.637. The fraction of sp³-hybridized carbons (Fsp3) is 0.500. The number of rotatable bonds is 4. The number of aryl methyl sites for hydroxylation is 1. The van der Waals surface area contributed by atoms with Crippen molar-refractivity contribution in [3.8, 4) is 0 Å². The maximum absolute atomic E-state index is 13.3. The molecule has 2 heterocycles. The molecule has 0 saturated heterocycles. The molecule has 1 N–H and O–H groups in total. The summed E-state index contributed by atoms with van der Waals surface area (Å²) in [6, 6.07) is 7.58. The molecule has 0 radical (unpaired) electrons. The van der Waals surface area contributed by atoms with E-state index in [2.05, 4.69) is 10.4 Å². The zero-order chi connectivity index (χ0) is 19.7. The van der Waals surface area contributed by atoms with Crippen LogP contribution in [0.25, 0.3) is 20.2 Å². The summed E-state index contributed by atoms with van der Waals surface area (Å²) >= 11 is 1.59. The molecular weight excluding hydrogens is 370 g/mol. The van der Waals surface area contributed by atoms with E-state index in [1.807, 2.05) is 38.1 Å². The smallest absolute Gasteiger partial charge is 0.276 e. The molecule has 3 aromatic rings. The number of amides is 1. The highest BCUT2D eigenvalue weighted by Gasteiger charge is 2.26. The molecule has 1 aliphatic carbocycles. The van der Waals surface area contributed by atoms with E-state index >= 15 is 0 Å². The zero-order valence-electron chi connectivity index (χ0n) is 16.5. The molecule has 1 fully saturated rings. The van der Waals surface area contributed by atoms with Crippen LogP contribution >= 0.6 is 11.3 Å². The van der Waals surface area contributed by atoms with Gasteiger partial charge < -0.3 is 5.32 Å². The Bertz CT molecular complexity index is 1060. The molecule has 0 bridgehead atoms. The first-order valence-electron chi connectivity index (χ1n) is 10.3. The van der Waals surface area contributed by atoms with Crippen LogP contribution in [0.5, 0.6) is 0 Å². The number of thiophene rings is 1. The Hall–Kier alpha value is -2.21. The molecule has 4 rings (SSSR count). The Labute approximate surface area is 168 Å². The van der Waals surface area contributed by atoms with Crippen LogP contribution in [-0.2, 0) is 4.79 Å². The van der Waals surface area contributed by atoms with Crippen LogP contribution in [0.2, 0.25) is 0 Å². The van der Waals surface area contributed by atoms with Gasteiger partial charge in [0, 0.05) is 16.1 Å². The van der Waals surface area contributed by atoms with Gasteiger partial charge >= 0.3 is 0 Å². The van der Waals surface area contributed by atoms with Gasteiger partial charge in [-0.1, -0.05) is 50.8 Å². The first-order chi connectivity index (χ1) is 13.6. The molecule has 0 spiro atoms. The van der Waals surface area contributed by atoms with Crippen molar-refractivity contribution >= 4 is 37.4 Å². The average molecular weight is 398 g/mol. The van der Waals surface area contributed by atoms with Gasteiger partial charge in [0.15, 0.2) is 0 Å². The number of carbonyl (C=O) groups excluding carboxylic acids is 1. The molecule has 6 heteroatoms. The summed E-state index contributed by atoms with van der Waals surface area (Å²) in [7, 11) is 0. The molecule has 28 heavy (non-hydrogen) atoms. The van der Waals surface area contributed by atoms with E-state index < -0.39 is 6.04 Å². The Kier molecular flexibility index (Phi) is 5.49. The van der Waals surface area contributed by atoms with Crippen LogP contribution in [0.1, 0.15) is 63.6 Å². The number of fused-ring (bicyclic) bond motifs is 3. The number of hydrogen-bond donors (Lipinski definition) is 1. The van der Waals surface area contributed by atoms with Crippen LogP contribution < -0.4 is 10.9 Å². The van der Waals surface area contributed by atoms with Crippen molar-refractivity contribution in [3.05, 3.63) is 40.3 Å². The topological polar surface area (TPSA) is 64.0 Å². The summed E-state index contributed by atoms with van der Waals surface area (Å²) in [6.45, 7) is 3.86. The summed E-state index contributed by atoms with van der Waals surface area (Å²) in [5.74, 6) is -0.0812. The zero-order valence-corrected chi connectivity index (χ0v) is 17.3. The fourth-order valence-electron chi connectivity index (χ4n) is 4.28. The van der Waals surface area contributed by atoms with Gasteiger partial charge in [-0.05, 0) is 32.3 Å². The largest absolute Gasteiger partial charge is 0.352 e. The van der Waals surface area contributed by atoms with Crippen LogP contribution in [0, 0.1) is 6.92 Å². The van der Waals surface area contributed by atoms with Gasteiger partial charge in [-0.25, -0.2) is 4.68 Å². The molecule has 1 aromatic carbocycles. The maximum atomic E-state index is 13.3. The standard InChI is InChI=1S/C22H27N3O2S/c1-3-17(21(26)23-15-10-6-4-5-7-11-15)25-22(27)19-16-12-8-9-13-18(16)28-20(19)14(2)24-25/h8-9,12-13,15,17H,3-7,10-11H2,1-2H3,(H,23,26)/t17-/m1/s1. The highest BCUT2D eigenvalue weighted by Crippen LogP contribution is 2.33. The molecule has 0 aliphatic heterocycles. The van der Waals surface area contributed by atoms with Crippen molar-refractivity contribution in [1.82, 2.24) is 15.1 Å². The van der Waals surface area contributed by atoms with E-state index in [0.717, 1.165) is 46.2 Å². The van der Waals surface area contributed by atoms with Crippen molar-refractivity contribution in [2.45, 2.75) is 70.9 Å². The summed E-state index contributed by atoms with van der Waals surface area (Å²) in [5, 5.41) is 9.39. The summed E-state index contributed by atoms with van der Waals surface area (Å²) < 4.78 is 3.41. The van der Waals surface area contributed by atoms with Gasteiger partial charge in [0.1, 0.15) is 6.04 Å². The highest BCUT2D eigenvalue weighted by molar-refractivity contribution is 7.26. The van der Waals surface area contributed by atoms with Crippen LogP contribution in [0.4, 0.5) is 0 Å². The van der Waals surface area contributed by atoms with E-state index in [1.54, 1.807) is 11.3 Å². The molecule has 1 amide bonds. The predicted octanol–water partition coefficient (Wildman–Crippen LogP) is 4.71. The van der Waals surface area contributed by atoms with Crippen LogP contribution in [0.3, 0.4) is 0 Å². The second-order valence-corrected chi connectivity index (χ2v) is 8.81. The quantitative estimate of drug-likeness (QED) is 0.649. The molecule has 1 atom stereocenters. The van der Waals surface area contributed by atoms with Gasteiger partial charge in [-0.3, -0.25) is 9.59 Å². The lowest BCUT2D eigenvalue weighted by Gasteiger charge is -2.22. The van der Waals surface area contributed by atoms with E-state index in [1.165, 1.54) is 17.5 Å². The van der Waals surface area contributed by atoms with Gasteiger partial charge in [-0.2, -0.15) is 5.10 Å². The van der Waals surface area contributed by atoms with Gasteiger partial charge in [0.05, 0.1) is 15.8 Å². The van der Waals surface area contributed by atoms with Crippen molar-refractivity contribution in [2.24, 2.45) is 0 Å². The molecular formula is C22H27N3O2S. The van der Waals surface area contributed by atoms with Crippen LogP contribution in [-0.4, -0.2) is 21.7 Å². The van der Waals surface area contributed by atoms with Gasteiger partial charge in [0.25, 0.3) is 5.56 Å². The SMILES string of the molecule is CC[C@H](C(=O)NC1CCCCCC1)n1nc(C)c2sc3ccccc3c2c1=O. The van der Waals surface area contributed by atoms with Crippen LogP contribution in [0.15, 0.2) is 29.1 Å². The third kappa shape index (κ3) is 3.46. The minimum atomic E-state index is -0.572. The maximum Gasteiger partial charge on any atom is 0.276 e. The molecule has 1 saturated carbocycles. The van der Waals surface area contributed by atoms with Crippen molar-refractivity contribution in [1.29, 1.82) is 0 Å². The number of hydrogen-bond acceptors (Lipinski definition) is 4. The lowest BCUT2D eigenvalue weighted by molar-refractivity contribution is -0.125. The van der Waals surface area contributed by atoms with E-state index in [-0.39, 0.29) is 17.5 Å². The first kappa shape index (κ1) is 19.1. The van der Waals surface area contributed by atoms with Gasteiger partial charge in [0.2, 0.25) is 5.91 Å². The number of aromatic nitrogens is 2. The summed E-state index contributed by atoms with van der Waals surface area (Å²) in [6.07, 6.45) is 7.39. The second kappa shape index (κ2) is 8.03. The lowest BCUT2D eigenvalue weighted by Crippen LogP contribution is -2.42. The third-order valence-electron chi connectivity index (χ3n) is 5.79. The van der Waals surface area contributed by atoms with Crippen molar-refractivity contribution in [2.75, 3.05) is 0 Å². The second-order valence-electron chi connectivity index (χ2n) is 7.76. The lowest BCUT2D eigenvalue weighted by atomic mass is 10.1. The number of benzene rings is 1. The normalized spacial score (nSPS) is 16.9. The molecule has 1 aliphatic rings. The number of carbonyl (C=O) groups is 1. The number of nitrogens with one attached hydrogen (secondary N) is 1. The fourth-order valence-corrected chi connectivity index (χ4v) is 5.42. The Balaban J connectivity index is 1.73. The first-order valence-corrected chi connectivity index (χ1v) is 11.1. The van der Waals surface area contributed by atoms with Gasteiger partial charge in [-0.15, -0.1) is 11.3 Å². The highest BCUT2D eigenvalue weighted by atomic mass is 32.1. The monoisotopic (exact) mass is 397 g/mol. The summed E-state index contributed by atoms with van der Waals surface area (Å²) in [4.78, 5) is 26.4. The number of nitrogens with zero attached hydrogens (tertiary/aromatic N) is 2. The van der Waals surface area contributed by atoms with Crippen molar-refractivity contribution in [3.63, 3.8) is 0 Å². The minimum absolute atomic E-state index is 0.0812. The van der Waals surface area contributed by atoms with E-state index in [4.69, 9.17) is 0 Å². The molecule has 5 nitrogen and oxygen atoms in total. The molecule has 2 aromatic heterocycles. The van der Waals surface area contributed by atoms with E-state index in [0.29, 0.717) is 11.8 Å². The molecule has 148 valence electrons.